The van der Waals surface area contributed by atoms with Crippen molar-refractivity contribution in [1.29, 1.82) is 0 Å². The first-order chi connectivity index (χ1) is 9.42. The van der Waals surface area contributed by atoms with Gasteiger partial charge in [0.15, 0.2) is 0 Å². The summed E-state index contributed by atoms with van der Waals surface area (Å²) in [7, 11) is 0. The van der Waals surface area contributed by atoms with Gasteiger partial charge >= 0.3 is 0 Å². The molecule has 0 atom stereocenters. The zero-order valence-electron chi connectivity index (χ0n) is 11.3. The van der Waals surface area contributed by atoms with E-state index in [2.05, 4.69) is 15.3 Å². The van der Waals surface area contributed by atoms with Crippen molar-refractivity contribution in [2.75, 3.05) is 17.6 Å². The van der Waals surface area contributed by atoms with Gasteiger partial charge in [0.1, 0.15) is 28.8 Å². The summed E-state index contributed by atoms with van der Waals surface area (Å²) >= 11 is 6.01. The van der Waals surface area contributed by atoms with Crippen molar-refractivity contribution in [3.05, 3.63) is 47.0 Å². The molecule has 0 aliphatic heterocycles. The Morgan fingerprint density at radius 2 is 2.00 bits per heavy atom. The third-order valence-electron chi connectivity index (χ3n) is 3.12. The molecule has 0 unspecified atom stereocenters. The number of nitrogens with zero attached hydrogens (tertiary/aromatic N) is 2. The van der Waals surface area contributed by atoms with E-state index in [9.17, 15) is 4.39 Å². The third kappa shape index (κ3) is 2.99. The second-order valence-corrected chi connectivity index (χ2v) is 5.52. The highest BCUT2D eigenvalue weighted by molar-refractivity contribution is 6.35. The fourth-order valence-electron chi connectivity index (χ4n) is 1.92. The summed E-state index contributed by atoms with van der Waals surface area (Å²) in [5, 5.41) is 3.36. The summed E-state index contributed by atoms with van der Waals surface area (Å²) in [4.78, 5) is 7.82. The number of aromatic nitrogens is 2. The van der Waals surface area contributed by atoms with Gasteiger partial charge in [-0.05, 0) is 11.6 Å². The highest BCUT2D eigenvalue weighted by Gasteiger charge is 2.24. The van der Waals surface area contributed by atoms with Gasteiger partial charge in [-0.1, -0.05) is 43.6 Å². The second-order valence-electron chi connectivity index (χ2n) is 5.14. The molecule has 1 heterocycles. The predicted molar refractivity (Wildman–Crippen MR) is 79.4 cm³/mol. The van der Waals surface area contributed by atoms with E-state index < -0.39 is 5.41 Å². The third-order valence-corrected chi connectivity index (χ3v) is 3.49. The normalized spacial score (nSPS) is 11.4. The van der Waals surface area contributed by atoms with Gasteiger partial charge in [0.05, 0.1) is 0 Å². The molecule has 0 amide bonds. The molecule has 0 fully saturated rings. The lowest BCUT2D eigenvalue weighted by molar-refractivity contribution is 0.504. The lowest BCUT2D eigenvalue weighted by atomic mass is 9.84. The lowest BCUT2D eigenvalue weighted by Gasteiger charge is -2.26. The van der Waals surface area contributed by atoms with E-state index in [0.29, 0.717) is 17.9 Å². The van der Waals surface area contributed by atoms with E-state index in [-0.39, 0.29) is 16.7 Å². The van der Waals surface area contributed by atoms with E-state index in [4.69, 9.17) is 17.3 Å². The van der Waals surface area contributed by atoms with Crippen molar-refractivity contribution in [1.82, 2.24) is 9.97 Å². The first kappa shape index (κ1) is 14.5. The molecule has 20 heavy (non-hydrogen) atoms. The van der Waals surface area contributed by atoms with Crippen LogP contribution in [0.1, 0.15) is 19.4 Å². The molecular formula is C14H16ClFN4. The van der Waals surface area contributed by atoms with E-state index in [1.165, 1.54) is 12.4 Å². The highest BCUT2D eigenvalue weighted by atomic mass is 35.5. The topological polar surface area (TPSA) is 63.8 Å². The van der Waals surface area contributed by atoms with E-state index >= 15 is 0 Å². The number of nitrogens with two attached hydrogens (primary N) is 1. The van der Waals surface area contributed by atoms with Gasteiger partial charge in [-0.25, -0.2) is 14.4 Å². The van der Waals surface area contributed by atoms with Crippen LogP contribution in [0.2, 0.25) is 5.02 Å². The Morgan fingerprint density at radius 3 is 2.70 bits per heavy atom. The number of benzene rings is 1. The quantitative estimate of drug-likeness (QED) is 0.908. The van der Waals surface area contributed by atoms with Crippen LogP contribution in [0.5, 0.6) is 0 Å². The number of nitrogens with one attached hydrogen (secondary N) is 1. The molecule has 106 valence electrons. The Labute approximate surface area is 122 Å². The summed E-state index contributed by atoms with van der Waals surface area (Å²) in [6.45, 7) is 4.35. The van der Waals surface area contributed by atoms with Crippen LogP contribution in [0.4, 0.5) is 16.0 Å². The van der Waals surface area contributed by atoms with Gasteiger partial charge in [-0.3, -0.25) is 0 Å². The molecule has 1 aromatic carbocycles. The SMILES string of the molecule is CC(C)(CNc1ncnc(N)c1Cl)c1ccccc1F. The van der Waals surface area contributed by atoms with E-state index in [1.54, 1.807) is 12.1 Å². The first-order valence-electron chi connectivity index (χ1n) is 6.16. The predicted octanol–water partition coefficient (Wildman–Crippen LogP) is 3.24. The molecule has 0 spiro atoms. The Morgan fingerprint density at radius 1 is 1.30 bits per heavy atom. The molecule has 0 saturated carbocycles. The van der Waals surface area contributed by atoms with Crippen molar-refractivity contribution in [2.24, 2.45) is 0 Å². The second kappa shape index (κ2) is 5.63. The molecule has 0 radical (unpaired) electrons. The summed E-state index contributed by atoms with van der Waals surface area (Å²) in [6, 6.07) is 6.71. The molecule has 6 heteroatoms. The zero-order chi connectivity index (χ0) is 14.8. The number of hydrogen-bond acceptors (Lipinski definition) is 4. The molecule has 0 aliphatic rings. The molecule has 0 saturated heterocycles. The van der Waals surface area contributed by atoms with Crippen molar-refractivity contribution in [3.63, 3.8) is 0 Å². The molecule has 1 aromatic heterocycles. The molecule has 2 aromatic rings. The maximum atomic E-state index is 13.9. The largest absolute Gasteiger partial charge is 0.382 e. The number of hydrogen-bond donors (Lipinski definition) is 2. The van der Waals surface area contributed by atoms with Crippen LogP contribution in [0, 0.1) is 5.82 Å². The number of halogens is 2. The van der Waals surface area contributed by atoms with Crippen LogP contribution in [-0.2, 0) is 5.41 Å². The fourth-order valence-corrected chi connectivity index (χ4v) is 2.08. The van der Waals surface area contributed by atoms with Gasteiger partial charge in [-0.15, -0.1) is 0 Å². The van der Waals surface area contributed by atoms with Crippen molar-refractivity contribution in [3.8, 4) is 0 Å². The average molecular weight is 295 g/mol. The number of rotatable bonds is 4. The van der Waals surface area contributed by atoms with Gasteiger partial charge in [-0.2, -0.15) is 0 Å². The maximum absolute atomic E-state index is 13.9. The van der Waals surface area contributed by atoms with Crippen molar-refractivity contribution < 1.29 is 4.39 Å². The zero-order valence-corrected chi connectivity index (χ0v) is 12.1. The van der Waals surface area contributed by atoms with E-state index in [1.807, 2.05) is 19.9 Å². The number of nitrogen functional groups attached to an aromatic ring is 1. The van der Waals surface area contributed by atoms with Crippen LogP contribution in [0.3, 0.4) is 0 Å². The van der Waals surface area contributed by atoms with Crippen LogP contribution >= 0.6 is 11.6 Å². The minimum Gasteiger partial charge on any atom is -0.382 e. The Bertz CT molecular complexity index is 616. The Balaban J connectivity index is 2.17. The Kier molecular flexibility index (Phi) is 4.09. The smallest absolute Gasteiger partial charge is 0.150 e. The fraction of sp³-hybridized carbons (Fsp3) is 0.286. The molecule has 3 N–H and O–H groups in total. The number of anilines is 2. The van der Waals surface area contributed by atoms with Gasteiger partial charge in [0.2, 0.25) is 0 Å². The van der Waals surface area contributed by atoms with Crippen LogP contribution in [0.15, 0.2) is 30.6 Å². The van der Waals surface area contributed by atoms with Crippen LogP contribution in [0.25, 0.3) is 0 Å². The lowest BCUT2D eigenvalue weighted by Crippen LogP contribution is -2.29. The molecular weight excluding hydrogens is 279 g/mol. The summed E-state index contributed by atoms with van der Waals surface area (Å²) in [6.07, 6.45) is 1.33. The van der Waals surface area contributed by atoms with Crippen LogP contribution < -0.4 is 11.1 Å². The van der Waals surface area contributed by atoms with E-state index in [0.717, 1.165) is 0 Å². The summed E-state index contributed by atoms with van der Waals surface area (Å²) < 4.78 is 13.9. The average Bonchev–Trinajstić information content (AvgIpc) is 2.41. The molecule has 2 rings (SSSR count). The Hall–Kier alpha value is -1.88. The van der Waals surface area contributed by atoms with Crippen molar-refractivity contribution in [2.45, 2.75) is 19.3 Å². The van der Waals surface area contributed by atoms with Gasteiger partial charge in [0.25, 0.3) is 0 Å². The minimum atomic E-state index is -0.422. The van der Waals surface area contributed by atoms with Crippen LogP contribution in [-0.4, -0.2) is 16.5 Å². The monoisotopic (exact) mass is 294 g/mol. The first-order valence-corrected chi connectivity index (χ1v) is 6.54. The highest BCUT2D eigenvalue weighted by Crippen LogP contribution is 2.28. The maximum Gasteiger partial charge on any atom is 0.150 e. The van der Waals surface area contributed by atoms with Gasteiger partial charge < -0.3 is 11.1 Å². The van der Waals surface area contributed by atoms with Crippen molar-refractivity contribution >= 4 is 23.2 Å². The van der Waals surface area contributed by atoms with Gasteiger partial charge in [0, 0.05) is 12.0 Å². The summed E-state index contributed by atoms with van der Waals surface area (Å²) in [5.41, 5.74) is 5.82. The molecule has 0 aliphatic carbocycles. The minimum absolute atomic E-state index is 0.216. The molecule has 4 nitrogen and oxygen atoms in total. The molecule has 0 bridgehead atoms. The standard InChI is InChI=1S/C14H16ClFN4/c1-14(2,9-5-3-4-6-10(9)16)7-18-13-11(15)12(17)19-8-20-13/h3-6,8H,7H2,1-2H3,(H3,17,18,19,20). The summed E-state index contributed by atoms with van der Waals surface area (Å²) in [5.74, 6) is 0.434.